The third-order valence-corrected chi connectivity index (χ3v) is 8.62. The smallest absolute Gasteiger partial charge is 0.261 e. The van der Waals surface area contributed by atoms with Gasteiger partial charge in [-0.15, -0.1) is 0 Å². The van der Waals surface area contributed by atoms with E-state index in [4.69, 9.17) is 18.9 Å². The highest BCUT2D eigenvalue weighted by atomic mass is 16.5. The van der Waals surface area contributed by atoms with Crippen LogP contribution in [0.2, 0.25) is 0 Å². The van der Waals surface area contributed by atoms with Crippen LogP contribution >= 0.6 is 0 Å². The monoisotopic (exact) mass is 616 g/mol. The summed E-state index contributed by atoms with van der Waals surface area (Å²) < 4.78 is 21.6. The van der Waals surface area contributed by atoms with Gasteiger partial charge in [-0.25, -0.2) is 0 Å². The number of nitrogens with one attached hydrogen (secondary N) is 1. The average molecular weight is 617 g/mol. The van der Waals surface area contributed by atoms with Crippen molar-refractivity contribution in [2.24, 2.45) is 0 Å². The van der Waals surface area contributed by atoms with E-state index in [0.29, 0.717) is 67.5 Å². The quantitative estimate of drug-likeness (QED) is 0.350. The van der Waals surface area contributed by atoms with E-state index in [0.717, 1.165) is 11.3 Å². The minimum absolute atomic E-state index is 0.0586. The standard InChI is InChI=1S/C34H40N4O7/c1-42-26-14-13-24(21-29(26)45-4)15-18-35-30(39)22-37-23-38(25-9-6-5-7-10-25)34(33(37)41)16-19-36(20-17-34)32(40)31-27(43-2)11-8-12-28(31)44-3/h5-14,21H,15-20,22-23H2,1-4H3,(H,35,39). The molecule has 0 bridgehead atoms. The lowest BCUT2D eigenvalue weighted by Crippen LogP contribution is -2.57. The van der Waals surface area contributed by atoms with Crippen LogP contribution in [0.1, 0.15) is 28.8 Å². The summed E-state index contributed by atoms with van der Waals surface area (Å²) in [6.07, 6.45) is 1.43. The molecule has 0 aliphatic carbocycles. The van der Waals surface area contributed by atoms with E-state index >= 15 is 0 Å². The number of ether oxygens (including phenoxy) is 4. The van der Waals surface area contributed by atoms with Crippen molar-refractivity contribution in [3.8, 4) is 23.0 Å². The lowest BCUT2D eigenvalue weighted by Gasteiger charge is -2.43. The summed E-state index contributed by atoms with van der Waals surface area (Å²) >= 11 is 0. The van der Waals surface area contributed by atoms with E-state index in [-0.39, 0.29) is 30.9 Å². The Labute approximate surface area is 263 Å². The first-order valence-corrected chi connectivity index (χ1v) is 14.9. The van der Waals surface area contributed by atoms with Gasteiger partial charge in [0.25, 0.3) is 11.8 Å². The van der Waals surface area contributed by atoms with Gasteiger partial charge in [-0.2, -0.15) is 0 Å². The number of anilines is 1. The molecule has 11 nitrogen and oxygen atoms in total. The molecular weight excluding hydrogens is 576 g/mol. The second-order valence-corrected chi connectivity index (χ2v) is 11.1. The summed E-state index contributed by atoms with van der Waals surface area (Å²) in [5, 5.41) is 2.95. The van der Waals surface area contributed by atoms with E-state index in [9.17, 15) is 14.4 Å². The van der Waals surface area contributed by atoms with E-state index in [1.807, 2.05) is 48.5 Å². The highest BCUT2D eigenvalue weighted by molar-refractivity contribution is 6.01. The van der Waals surface area contributed by atoms with E-state index in [1.54, 1.807) is 42.2 Å². The van der Waals surface area contributed by atoms with Gasteiger partial charge in [0.1, 0.15) is 29.1 Å². The first-order chi connectivity index (χ1) is 21.8. The van der Waals surface area contributed by atoms with E-state index in [2.05, 4.69) is 10.2 Å². The van der Waals surface area contributed by atoms with Crippen LogP contribution in [0.4, 0.5) is 5.69 Å². The molecule has 238 valence electrons. The molecule has 3 aromatic carbocycles. The number of rotatable bonds is 11. The van der Waals surface area contributed by atoms with Crippen molar-refractivity contribution < 1.29 is 33.3 Å². The largest absolute Gasteiger partial charge is 0.496 e. The Morgan fingerprint density at radius 3 is 2.07 bits per heavy atom. The number of likely N-dealkylation sites (tertiary alicyclic amines) is 1. The first-order valence-electron chi connectivity index (χ1n) is 14.9. The van der Waals surface area contributed by atoms with Gasteiger partial charge in [0, 0.05) is 25.3 Å². The molecule has 0 aromatic heterocycles. The summed E-state index contributed by atoms with van der Waals surface area (Å²) in [6.45, 7) is 1.35. The van der Waals surface area contributed by atoms with Gasteiger partial charge >= 0.3 is 0 Å². The molecule has 0 unspecified atom stereocenters. The molecule has 1 N–H and O–H groups in total. The Hall–Kier alpha value is -4.93. The van der Waals surface area contributed by atoms with Crippen molar-refractivity contribution in [1.29, 1.82) is 0 Å². The highest BCUT2D eigenvalue weighted by Crippen LogP contribution is 2.40. The Morgan fingerprint density at radius 2 is 1.44 bits per heavy atom. The Bertz CT molecular complexity index is 1500. The highest BCUT2D eigenvalue weighted by Gasteiger charge is 2.54. The van der Waals surface area contributed by atoms with Gasteiger partial charge in [0.05, 0.1) is 35.1 Å². The maximum atomic E-state index is 14.1. The van der Waals surface area contributed by atoms with Crippen LogP contribution < -0.4 is 29.2 Å². The van der Waals surface area contributed by atoms with Gasteiger partial charge in [-0.1, -0.05) is 30.3 Å². The van der Waals surface area contributed by atoms with Crippen LogP contribution in [0.3, 0.4) is 0 Å². The number of piperidine rings is 1. The lowest BCUT2D eigenvalue weighted by molar-refractivity contribution is -0.137. The molecule has 45 heavy (non-hydrogen) atoms. The van der Waals surface area contributed by atoms with Crippen molar-refractivity contribution in [1.82, 2.24) is 15.1 Å². The number of carbonyl (C=O) groups is 3. The Balaban J connectivity index is 1.27. The molecule has 1 spiro atoms. The molecule has 2 aliphatic rings. The third-order valence-electron chi connectivity index (χ3n) is 8.62. The van der Waals surface area contributed by atoms with Crippen molar-refractivity contribution >= 4 is 23.4 Å². The van der Waals surface area contributed by atoms with Crippen molar-refractivity contribution in [3.63, 3.8) is 0 Å². The minimum Gasteiger partial charge on any atom is -0.496 e. The molecule has 11 heteroatoms. The molecule has 0 radical (unpaired) electrons. The van der Waals surface area contributed by atoms with Crippen LogP contribution in [0.25, 0.3) is 0 Å². The number of hydrogen-bond acceptors (Lipinski definition) is 8. The molecule has 2 saturated heterocycles. The Morgan fingerprint density at radius 1 is 0.800 bits per heavy atom. The van der Waals surface area contributed by atoms with Gasteiger partial charge in [0.2, 0.25) is 5.91 Å². The summed E-state index contributed by atoms with van der Waals surface area (Å²) in [4.78, 5) is 46.3. The average Bonchev–Trinajstić information content (AvgIpc) is 3.34. The zero-order chi connectivity index (χ0) is 32.0. The number of carbonyl (C=O) groups excluding carboxylic acids is 3. The summed E-state index contributed by atoms with van der Waals surface area (Å²) in [5.41, 5.74) is 1.38. The minimum atomic E-state index is -0.872. The zero-order valence-electron chi connectivity index (χ0n) is 26.2. The van der Waals surface area contributed by atoms with E-state index in [1.165, 1.54) is 14.2 Å². The topological polar surface area (TPSA) is 110 Å². The number of nitrogens with zero attached hydrogens (tertiary/aromatic N) is 3. The van der Waals surface area contributed by atoms with Gasteiger partial charge < -0.3 is 39.0 Å². The molecule has 2 fully saturated rings. The molecule has 2 aliphatic heterocycles. The number of hydrogen-bond donors (Lipinski definition) is 1. The van der Waals surface area contributed by atoms with E-state index < -0.39 is 5.54 Å². The van der Waals surface area contributed by atoms with Crippen LogP contribution in [-0.4, -0.2) is 94.3 Å². The lowest BCUT2D eigenvalue weighted by atomic mass is 9.85. The van der Waals surface area contributed by atoms with Crippen LogP contribution in [0, 0.1) is 0 Å². The first kappa shape index (κ1) is 31.5. The Kier molecular flexibility index (Phi) is 9.65. The normalized spacial score (nSPS) is 15.6. The van der Waals surface area contributed by atoms with Gasteiger partial charge in [-0.3, -0.25) is 14.4 Å². The predicted molar refractivity (Wildman–Crippen MR) is 169 cm³/mol. The fraction of sp³-hybridized carbons (Fsp3) is 0.382. The fourth-order valence-corrected chi connectivity index (χ4v) is 6.23. The summed E-state index contributed by atoms with van der Waals surface area (Å²) in [5.74, 6) is 1.60. The number of para-hydroxylation sites is 1. The zero-order valence-corrected chi connectivity index (χ0v) is 26.2. The second kappa shape index (κ2) is 13.8. The van der Waals surface area contributed by atoms with Crippen LogP contribution in [0.15, 0.2) is 66.7 Å². The SMILES string of the molecule is COc1ccc(CCNC(=O)CN2CN(c3ccccc3)C3(CCN(C(=O)c4c(OC)cccc4OC)CC3)C2=O)cc1OC. The summed E-state index contributed by atoms with van der Waals surface area (Å²) in [6, 6.07) is 20.6. The molecule has 5 rings (SSSR count). The molecular formula is C34H40N4O7. The maximum Gasteiger partial charge on any atom is 0.261 e. The summed E-state index contributed by atoms with van der Waals surface area (Å²) in [7, 11) is 6.21. The third kappa shape index (κ3) is 6.33. The van der Waals surface area contributed by atoms with Crippen molar-refractivity contribution in [3.05, 3.63) is 77.9 Å². The number of benzene rings is 3. The molecule has 0 saturated carbocycles. The predicted octanol–water partition coefficient (Wildman–Crippen LogP) is 3.36. The second-order valence-electron chi connectivity index (χ2n) is 11.1. The van der Waals surface area contributed by atoms with Gasteiger partial charge in [-0.05, 0) is 61.2 Å². The molecule has 3 aromatic rings. The molecule has 3 amide bonds. The molecule has 0 atom stereocenters. The van der Waals surface area contributed by atoms with Crippen molar-refractivity contribution in [2.75, 3.05) is 66.2 Å². The van der Waals surface area contributed by atoms with Crippen molar-refractivity contribution in [2.45, 2.75) is 24.8 Å². The number of amides is 3. The van der Waals surface area contributed by atoms with Crippen LogP contribution in [0.5, 0.6) is 23.0 Å². The fourth-order valence-electron chi connectivity index (χ4n) is 6.23. The van der Waals surface area contributed by atoms with Crippen LogP contribution in [-0.2, 0) is 16.0 Å². The maximum absolute atomic E-state index is 14.1. The van der Waals surface area contributed by atoms with Gasteiger partial charge in [0.15, 0.2) is 11.5 Å². The molecule has 2 heterocycles. The number of methoxy groups -OCH3 is 4.